The maximum Gasteiger partial charge on any atom is 0.156 e. The zero-order valence-electron chi connectivity index (χ0n) is 12.6. The van der Waals surface area contributed by atoms with Gasteiger partial charge in [0.2, 0.25) is 0 Å². The van der Waals surface area contributed by atoms with Crippen LogP contribution in [0.4, 0.5) is 0 Å². The molecular weight excluding hydrogens is 250 g/mol. The third kappa shape index (κ3) is 3.04. The first kappa shape index (κ1) is 14.7. The molecule has 0 spiro atoms. The molecule has 0 saturated carbocycles. The number of nitrogens with zero attached hydrogens (tertiary/aromatic N) is 4. The van der Waals surface area contributed by atoms with Gasteiger partial charge >= 0.3 is 0 Å². The smallest absolute Gasteiger partial charge is 0.156 e. The molecule has 5 heteroatoms. The monoisotopic (exact) mass is 273 g/mol. The van der Waals surface area contributed by atoms with Gasteiger partial charge in [-0.15, -0.1) is 0 Å². The fraction of sp³-hybridized carbons (Fsp3) is 0.533. The van der Waals surface area contributed by atoms with Crippen molar-refractivity contribution in [3.8, 4) is 5.82 Å². The van der Waals surface area contributed by atoms with Gasteiger partial charge < -0.3 is 5.32 Å². The molecule has 2 aromatic heterocycles. The minimum Gasteiger partial charge on any atom is -0.317 e. The summed E-state index contributed by atoms with van der Waals surface area (Å²) in [4.78, 5) is 8.29. The first-order valence-electron chi connectivity index (χ1n) is 7.38. The van der Waals surface area contributed by atoms with Crippen molar-refractivity contribution in [1.29, 1.82) is 0 Å². The van der Waals surface area contributed by atoms with Crippen LogP contribution in [0.3, 0.4) is 0 Å². The molecule has 2 aromatic rings. The summed E-state index contributed by atoms with van der Waals surface area (Å²) in [7, 11) is 0. The van der Waals surface area contributed by atoms with Crippen LogP contribution in [0.2, 0.25) is 0 Å². The van der Waals surface area contributed by atoms with Crippen LogP contribution in [0.25, 0.3) is 5.82 Å². The summed E-state index contributed by atoms with van der Waals surface area (Å²) in [5, 5.41) is 8.13. The van der Waals surface area contributed by atoms with E-state index in [1.54, 1.807) is 12.5 Å². The average Bonchev–Trinajstić information content (AvgIpc) is 2.86. The topological polar surface area (TPSA) is 55.6 Å². The van der Waals surface area contributed by atoms with E-state index < -0.39 is 0 Å². The Balaban J connectivity index is 2.38. The Morgan fingerprint density at radius 1 is 1.20 bits per heavy atom. The van der Waals surface area contributed by atoms with E-state index in [-0.39, 0.29) is 0 Å². The van der Waals surface area contributed by atoms with Crippen molar-refractivity contribution in [3.05, 3.63) is 35.5 Å². The largest absolute Gasteiger partial charge is 0.317 e. The van der Waals surface area contributed by atoms with Gasteiger partial charge in [-0.3, -0.25) is 0 Å². The van der Waals surface area contributed by atoms with E-state index >= 15 is 0 Å². The molecule has 0 unspecified atom stereocenters. The molecule has 108 valence electrons. The van der Waals surface area contributed by atoms with Crippen molar-refractivity contribution >= 4 is 0 Å². The highest BCUT2D eigenvalue weighted by Crippen LogP contribution is 2.19. The number of aromatic nitrogens is 4. The van der Waals surface area contributed by atoms with Gasteiger partial charge in [-0.25, -0.2) is 14.6 Å². The summed E-state index contributed by atoms with van der Waals surface area (Å²) in [6, 6.07) is 1.90. The van der Waals surface area contributed by atoms with E-state index in [1.807, 2.05) is 10.7 Å². The molecule has 2 rings (SSSR count). The van der Waals surface area contributed by atoms with Crippen LogP contribution in [0.5, 0.6) is 0 Å². The minimum absolute atomic E-state index is 0.848. The highest BCUT2D eigenvalue weighted by molar-refractivity contribution is 5.33. The summed E-state index contributed by atoms with van der Waals surface area (Å²) < 4.78 is 1.97. The van der Waals surface area contributed by atoms with E-state index in [0.29, 0.717) is 0 Å². The fourth-order valence-corrected chi connectivity index (χ4v) is 2.46. The second-order valence-electron chi connectivity index (χ2n) is 4.66. The van der Waals surface area contributed by atoms with Gasteiger partial charge in [0.1, 0.15) is 6.33 Å². The lowest BCUT2D eigenvalue weighted by Crippen LogP contribution is -2.17. The summed E-state index contributed by atoms with van der Waals surface area (Å²) in [5.74, 6) is 0.848. The van der Waals surface area contributed by atoms with E-state index in [2.05, 4.69) is 36.1 Å². The second kappa shape index (κ2) is 7.14. The molecule has 0 fully saturated rings. The van der Waals surface area contributed by atoms with E-state index in [9.17, 15) is 0 Å². The molecule has 0 radical (unpaired) electrons. The van der Waals surface area contributed by atoms with Crippen LogP contribution in [-0.4, -0.2) is 32.8 Å². The van der Waals surface area contributed by atoms with Gasteiger partial charge in [-0.2, -0.15) is 5.10 Å². The predicted octanol–water partition coefficient (Wildman–Crippen LogP) is 1.94. The van der Waals surface area contributed by atoms with Gasteiger partial charge in [-0.1, -0.05) is 20.8 Å². The average molecular weight is 273 g/mol. The number of nitrogens with one attached hydrogen (secondary N) is 1. The van der Waals surface area contributed by atoms with Crippen molar-refractivity contribution in [3.63, 3.8) is 0 Å². The zero-order chi connectivity index (χ0) is 14.4. The van der Waals surface area contributed by atoms with Crippen molar-refractivity contribution in [1.82, 2.24) is 25.1 Å². The molecule has 0 amide bonds. The lowest BCUT2D eigenvalue weighted by atomic mass is 10.1. The van der Waals surface area contributed by atoms with E-state index in [4.69, 9.17) is 5.10 Å². The Kier molecular flexibility index (Phi) is 5.24. The van der Waals surface area contributed by atoms with Crippen LogP contribution < -0.4 is 5.32 Å². The first-order valence-corrected chi connectivity index (χ1v) is 7.38. The van der Waals surface area contributed by atoms with Crippen molar-refractivity contribution in [2.45, 2.75) is 40.0 Å². The molecule has 0 aliphatic carbocycles. The Labute approximate surface area is 120 Å². The first-order chi connectivity index (χ1) is 9.81. The van der Waals surface area contributed by atoms with Gasteiger partial charge in [0.05, 0.1) is 5.69 Å². The third-order valence-corrected chi connectivity index (χ3v) is 3.43. The summed E-state index contributed by atoms with van der Waals surface area (Å²) in [5.41, 5.74) is 3.81. The standard InChI is InChI=1S/C15H23N5/c1-4-13-12(7-9-16-6-3)14(5-2)20(19-13)15-8-10-17-11-18-15/h8,10-11,16H,4-7,9H2,1-3H3. The van der Waals surface area contributed by atoms with Crippen LogP contribution >= 0.6 is 0 Å². The van der Waals surface area contributed by atoms with Crippen LogP contribution in [0, 0.1) is 0 Å². The molecule has 20 heavy (non-hydrogen) atoms. The van der Waals surface area contributed by atoms with Crippen LogP contribution in [-0.2, 0) is 19.3 Å². The number of hydrogen-bond donors (Lipinski definition) is 1. The Morgan fingerprint density at radius 2 is 2.05 bits per heavy atom. The lowest BCUT2D eigenvalue weighted by Gasteiger charge is -2.07. The van der Waals surface area contributed by atoms with Gasteiger partial charge in [0.25, 0.3) is 0 Å². The molecule has 0 bridgehead atoms. The summed E-state index contributed by atoms with van der Waals surface area (Å²) >= 11 is 0. The molecule has 0 aliphatic rings. The molecule has 0 aliphatic heterocycles. The normalized spacial score (nSPS) is 10.9. The van der Waals surface area contributed by atoms with Crippen LogP contribution in [0.15, 0.2) is 18.6 Å². The van der Waals surface area contributed by atoms with Gasteiger partial charge in [0, 0.05) is 18.0 Å². The Bertz CT molecular complexity index is 533. The molecule has 0 atom stereocenters. The Hall–Kier alpha value is -1.75. The lowest BCUT2D eigenvalue weighted by molar-refractivity contribution is 0.708. The summed E-state index contributed by atoms with van der Waals surface area (Å²) in [6.07, 6.45) is 6.25. The number of aryl methyl sites for hydroxylation is 1. The molecular formula is C15H23N5. The van der Waals surface area contributed by atoms with Crippen LogP contribution in [0.1, 0.15) is 37.7 Å². The number of likely N-dealkylation sites (N-methyl/N-ethyl adjacent to an activating group) is 1. The summed E-state index contributed by atoms with van der Waals surface area (Å²) in [6.45, 7) is 8.45. The quantitative estimate of drug-likeness (QED) is 0.783. The van der Waals surface area contributed by atoms with Crippen molar-refractivity contribution in [2.24, 2.45) is 0 Å². The second-order valence-corrected chi connectivity index (χ2v) is 4.66. The minimum atomic E-state index is 0.848. The molecule has 1 N–H and O–H groups in total. The molecule has 0 aromatic carbocycles. The van der Waals surface area contributed by atoms with Gasteiger partial charge in [-0.05, 0) is 37.9 Å². The van der Waals surface area contributed by atoms with Gasteiger partial charge in [0.15, 0.2) is 5.82 Å². The highest BCUT2D eigenvalue weighted by Gasteiger charge is 2.16. The van der Waals surface area contributed by atoms with E-state index in [0.717, 1.165) is 38.2 Å². The SMILES string of the molecule is CCNCCc1c(CC)nn(-c2ccncn2)c1CC. The van der Waals surface area contributed by atoms with E-state index in [1.165, 1.54) is 17.0 Å². The highest BCUT2D eigenvalue weighted by atomic mass is 15.3. The molecule has 2 heterocycles. The molecule has 5 nitrogen and oxygen atoms in total. The maximum absolute atomic E-state index is 4.75. The van der Waals surface area contributed by atoms with Crippen molar-refractivity contribution < 1.29 is 0 Å². The van der Waals surface area contributed by atoms with Crippen molar-refractivity contribution in [2.75, 3.05) is 13.1 Å². The third-order valence-electron chi connectivity index (χ3n) is 3.43. The number of rotatable bonds is 7. The zero-order valence-corrected chi connectivity index (χ0v) is 12.6. The number of hydrogen-bond acceptors (Lipinski definition) is 4. The predicted molar refractivity (Wildman–Crippen MR) is 80.2 cm³/mol. The fourth-order valence-electron chi connectivity index (χ4n) is 2.46. The Morgan fingerprint density at radius 3 is 2.65 bits per heavy atom. The molecule has 0 saturated heterocycles. The maximum atomic E-state index is 4.75.